The van der Waals surface area contributed by atoms with Crippen molar-refractivity contribution in [2.75, 3.05) is 26.2 Å². The number of nitrogens with zero attached hydrogens (tertiary/aromatic N) is 3. The number of benzene rings is 2. The Morgan fingerprint density at radius 3 is 2.11 bits per heavy atom. The molecule has 1 N–H and O–H groups in total. The van der Waals surface area contributed by atoms with Gasteiger partial charge in [-0.25, -0.2) is 0 Å². The van der Waals surface area contributed by atoms with Gasteiger partial charge < -0.3 is 9.84 Å². The van der Waals surface area contributed by atoms with Gasteiger partial charge in [-0.05, 0) is 53.8 Å². The number of esters is 1. The van der Waals surface area contributed by atoms with Crippen molar-refractivity contribution in [2.24, 2.45) is 0 Å². The molecule has 1 fully saturated rings. The lowest BCUT2D eigenvalue weighted by atomic mass is 9.93. The lowest BCUT2D eigenvalue weighted by molar-refractivity contribution is -0.258. The number of hydrogen-bond donors (Lipinski definition) is 1. The van der Waals surface area contributed by atoms with Crippen molar-refractivity contribution in [3.8, 4) is 11.1 Å². The maximum Gasteiger partial charge on any atom is 0.421 e. The minimum atomic E-state index is -4.76. The third-order valence-corrected chi connectivity index (χ3v) is 6.96. The summed E-state index contributed by atoms with van der Waals surface area (Å²) in [5, 5.41) is 9.88. The second-order valence-corrected chi connectivity index (χ2v) is 9.67. The van der Waals surface area contributed by atoms with Crippen molar-refractivity contribution >= 4 is 5.97 Å². The van der Waals surface area contributed by atoms with Crippen LogP contribution in [0.1, 0.15) is 30.5 Å². The quantitative estimate of drug-likeness (QED) is 0.426. The largest absolute Gasteiger partial charge is 0.465 e. The molecule has 0 amide bonds. The summed E-state index contributed by atoms with van der Waals surface area (Å²) >= 11 is 0. The van der Waals surface area contributed by atoms with Gasteiger partial charge in [0.1, 0.15) is 6.04 Å². The highest BCUT2D eigenvalue weighted by Gasteiger charge is 2.51. The van der Waals surface area contributed by atoms with Crippen LogP contribution in [0.5, 0.6) is 0 Å². The van der Waals surface area contributed by atoms with E-state index < -0.39 is 11.8 Å². The molecule has 1 saturated heterocycles. The Kier molecular flexibility index (Phi) is 8.50. The second-order valence-electron chi connectivity index (χ2n) is 9.67. The van der Waals surface area contributed by atoms with Crippen molar-refractivity contribution in [3.63, 3.8) is 0 Å². The first-order chi connectivity index (χ1) is 18.1. The summed E-state index contributed by atoms with van der Waals surface area (Å²) in [6, 6.07) is 17.1. The predicted molar refractivity (Wildman–Crippen MR) is 138 cm³/mol. The first-order valence-corrected chi connectivity index (χ1v) is 12.6. The molecule has 0 bridgehead atoms. The minimum Gasteiger partial charge on any atom is -0.465 e. The minimum absolute atomic E-state index is 0.204. The number of aromatic nitrogens is 1. The van der Waals surface area contributed by atoms with Gasteiger partial charge >= 0.3 is 12.1 Å². The number of halogens is 3. The van der Waals surface area contributed by atoms with Gasteiger partial charge in [0.2, 0.25) is 0 Å². The molecule has 0 radical (unpaired) electrons. The van der Waals surface area contributed by atoms with E-state index in [0.717, 1.165) is 42.3 Å². The number of piperazine rings is 1. The number of alkyl halides is 3. The standard InChI is InChI=1S/C29H32F3N3O3/c1-3-38-27(36)26-20-34(16-17-35(26)19-22-12-14-33-15-13-22)18-21-4-6-23(7-5-21)24-8-10-25(11-9-24)28(2,37)29(30,31)32/h4-15,26,37H,3,16-20H2,1-2H3/t26-,28?/m0/s1. The topological polar surface area (TPSA) is 65.9 Å². The van der Waals surface area contributed by atoms with Crippen molar-refractivity contribution in [1.82, 2.24) is 14.8 Å². The number of carbonyl (C=O) groups excluding carboxylic acids is 1. The molecule has 0 spiro atoms. The van der Waals surface area contributed by atoms with E-state index in [1.54, 1.807) is 31.5 Å². The monoisotopic (exact) mass is 527 g/mol. The molecule has 3 aromatic rings. The Morgan fingerprint density at radius 1 is 0.947 bits per heavy atom. The summed E-state index contributed by atoms with van der Waals surface area (Å²) in [6.07, 6.45) is -1.27. The molecule has 9 heteroatoms. The zero-order valence-electron chi connectivity index (χ0n) is 21.5. The van der Waals surface area contributed by atoms with Gasteiger partial charge in [-0.3, -0.25) is 19.6 Å². The van der Waals surface area contributed by atoms with Gasteiger partial charge in [0.25, 0.3) is 0 Å². The molecule has 2 heterocycles. The summed E-state index contributed by atoms with van der Waals surface area (Å²) in [5.74, 6) is -0.227. The zero-order valence-corrected chi connectivity index (χ0v) is 21.5. The number of rotatable bonds is 8. The lowest BCUT2D eigenvalue weighted by Crippen LogP contribution is -2.56. The van der Waals surface area contributed by atoms with Gasteiger partial charge in [-0.2, -0.15) is 13.2 Å². The number of hydrogen-bond acceptors (Lipinski definition) is 6. The Bertz CT molecular complexity index is 1200. The van der Waals surface area contributed by atoms with Crippen molar-refractivity contribution in [3.05, 3.63) is 89.7 Å². The summed E-state index contributed by atoms with van der Waals surface area (Å²) in [7, 11) is 0. The van der Waals surface area contributed by atoms with Crippen LogP contribution in [0.4, 0.5) is 13.2 Å². The normalized spacial score (nSPS) is 18.6. The number of ether oxygens (including phenoxy) is 1. The molecular weight excluding hydrogens is 495 g/mol. The second kappa shape index (κ2) is 11.6. The van der Waals surface area contributed by atoms with E-state index in [9.17, 15) is 23.1 Å². The Hall–Kier alpha value is -3.27. The molecule has 1 unspecified atom stereocenters. The van der Waals surface area contributed by atoms with E-state index in [1.807, 2.05) is 36.4 Å². The van der Waals surface area contributed by atoms with Crippen LogP contribution in [-0.4, -0.2) is 64.3 Å². The molecule has 1 aliphatic heterocycles. The zero-order chi connectivity index (χ0) is 27.3. The third-order valence-electron chi connectivity index (χ3n) is 6.96. The summed E-state index contributed by atoms with van der Waals surface area (Å²) in [4.78, 5) is 21.2. The van der Waals surface area contributed by atoms with E-state index in [2.05, 4.69) is 14.8 Å². The molecule has 0 saturated carbocycles. The molecule has 6 nitrogen and oxygen atoms in total. The van der Waals surface area contributed by atoms with Crippen molar-refractivity contribution in [2.45, 2.75) is 44.8 Å². The van der Waals surface area contributed by atoms with Crippen LogP contribution in [0.2, 0.25) is 0 Å². The maximum absolute atomic E-state index is 13.1. The van der Waals surface area contributed by atoms with Gasteiger partial charge in [0.15, 0.2) is 5.60 Å². The number of pyridine rings is 1. The Labute approximate surface area is 220 Å². The van der Waals surface area contributed by atoms with Crippen LogP contribution >= 0.6 is 0 Å². The van der Waals surface area contributed by atoms with Crippen LogP contribution in [0, 0.1) is 0 Å². The summed E-state index contributed by atoms with van der Waals surface area (Å²) in [6.45, 7) is 6.25. The number of carbonyl (C=O) groups is 1. The predicted octanol–water partition coefficient (Wildman–Crippen LogP) is 4.77. The van der Waals surface area contributed by atoms with Crippen LogP contribution < -0.4 is 0 Å². The van der Waals surface area contributed by atoms with E-state index >= 15 is 0 Å². The molecule has 1 aliphatic rings. The van der Waals surface area contributed by atoms with Gasteiger partial charge in [-0.15, -0.1) is 0 Å². The average Bonchev–Trinajstić information content (AvgIpc) is 2.90. The first-order valence-electron chi connectivity index (χ1n) is 12.6. The molecule has 2 atom stereocenters. The van der Waals surface area contributed by atoms with Gasteiger partial charge in [0.05, 0.1) is 6.61 Å². The van der Waals surface area contributed by atoms with E-state index in [1.165, 1.54) is 12.1 Å². The number of aliphatic hydroxyl groups is 1. The average molecular weight is 528 g/mol. The van der Waals surface area contributed by atoms with Crippen molar-refractivity contribution in [1.29, 1.82) is 0 Å². The fourth-order valence-electron chi connectivity index (χ4n) is 4.61. The Morgan fingerprint density at radius 2 is 1.53 bits per heavy atom. The lowest BCUT2D eigenvalue weighted by Gasteiger charge is -2.40. The molecule has 4 rings (SSSR count). The fraction of sp³-hybridized carbons (Fsp3) is 0.379. The van der Waals surface area contributed by atoms with Crippen LogP contribution in [0.3, 0.4) is 0 Å². The smallest absolute Gasteiger partial charge is 0.421 e. The SMILES string of the molecule is CCOC(=O)[C@@H]1CN(Cc2ccc(-c3ccc(C(C)(O)C(F)(F)F)cc3)cc2)CCN1Cc1ccncc1. The highest BCUT2D eigenvalue weighted by atomic mass is 19.4. The van der Waals surface area contributed by atoms with E-state index in [4.69, 9.17) is 4.74 Å². The van der Waals surface area contributed by atoms with E-state index in [-0.39, 0.29) is 17.6 Å². The van der Waals surface area contributed by atoms with Gasteiger partial charge in [0, 0.05) is 45.1 Å². The van der Waals surface area contributed by atoms with Crippen molar-refractivity contribution < 1.29 is 27.8 Å². The molecule has 2 aromatic carbocycles. The fourth-order valence-corrected chi connectivity index (χ4v) is 4.61. The molecular formula is C29H32F3N3O3. The summed E-state index contributed by atoms with van der Waals surface area (Å²) < 4.78 is 44.7. The van der Waals surface area contributed by atoms with Gasteiger partial charge in [-0.1, -0.05) is 48.5 Å². The summed E-state index contributed by atoms with van der Waals surface area (Å²) in [5.41, 5.74) is 0.663. The maximum atomic E-state index is 13.1. The van der Waals surface area contributed by atoms with Crippen LogP contribution in [-0.2, 0) is 28.2 Å². The highest BCUT2D eigenvalue weighted by molar-refractivity contribution is 5.76. The molecule has 202 valence electrons. The molecule has 0 aliphatic carbocycles. The van der Waals surface area contributed by atoms with Crippen LogP contribution in [0.15, 0.2) is 73.1 Å². The highest BCUT2D eigenvalue weighted by Crippen LogP contribution is 2.39. The molecule has 1 aromatic heterocycles. The third kappa shape index (κ3) is 6.40. The first kappa shape index (κ1) is 27.8. The van der Waals surface area contributed by atoms with E-state index in [0.29, 0.717) is 26.2 Å². The van der Waals surface area contributed by atoms with Crippen LogP contribution in [0.25, 0.3) is 11.1 Å². The molecule has 38 heavy (non-hydrogen) atoms. The Balaban J connectivity index is 1.41.